The zero-order valence-corrected chi connectivity index (χ0v) is 18.7. The first-order valence-corrected chi connectivity index (χ1v) is 10.2. The van der Waals surface area contributed by atoms with Crippen LogP contribution in [0.25, 0.3) is 0 Å². The van der Waals surface area contributed by atoms with Gasteiger partial charge < -0.3 is 14.6 Å². The van der Waals surface area contributed by atoms with E-state index < -0.39 is 6.10 Å². The van der Waals surface area contributed by atoms with E-state index in [-0.39, 0.29) is 29.1 Å². The van der Waals surface area contributed by atoms with Crippen molar-refractivity contribution in [3.05, 3.63) is 46.5 Å². The summed E-state index contributed by atoms with van der Waals surface area (Å²) in [5.41, 5.74) is 4.07. The molecule has 0 saturated heterocycles. The van der Waals surface area contributed by atoms with E-state index in [0.717, 1.165) is 25.7 Å². The van der Waals surface area contributed by atoms with Gasteiger partial charge in [-0.15, -0.1) is 0 Å². The van der Waals surface area contributed by atoms with Crippen molar-refractivity contribution in [2.24, 2.45) is 11.8 Å². The van der Waals surface area contributed by atoms with Crippen LogP contribution in [0.4, 0.5) is 0 Å². The zero-order valence-electron chi connectivity index (χ0n) is 18.7. The summed E-state index contributed by atoms with van der Waals surface area (Å²) in [4.78, 5) is 12.5. The number of allylic oxidation sites excluding steroid dienone is 7. The molecule has 158 valence electrons. The standard InChI is InChI=1S/C24H38O4/c1-16(2)10-8-11-17(3)12-9-13-18(4)14-15-20-19(5)21(25)23(27-6)24(28-7)22(20)26/h10,12,14,19-20,22,26H,8-9,11,13,15H2,1-7H3/b17-12+,18-14+/t19-,20?,22?/m0/s1. The summed E-state index contributed by atoms with van der Waals surface area (Å²) in [5, 5.41) is 10.6. The van der Waals surface area contributed by atoms with Crippen LogP contribution in [0.2, 0.25) is 0 Å². The van der Waals surface area contributed by atoms with Crippen molar-refractivity contribution in [3.8, 4) is 0 Å². The predicted octanol–water partition coefficient (Wildman–Crippen LogP) is 5.50. The van der Waals surface area contributed by atoms with Gasteiger partial charge >= 0.3 is 0 Å². The second-order valence-corrected chi connectivity index (χ2v) is 8.06. The van der Waals surface area contributed by atoms with Crippen LogP contribution in [0.3, 0.4) is 0 Å². The van der Waals surface area contributed by atoms with E-state index in [1.165, 1.54) is 30.9 Å². The van der Waals surface area contributed by atoms with Gasteiger partial charge in [-0.2, -0.15) is 0 Å². The molecule has 0 spiro atoms. The number of carbonyl (C=O) groups excluding carboxylic acids is 1. The molecule has 0 aromatic rings. The number of methoxy groups -OCH3 is 2. The molecule has 0 aromatic carbocycles. The van der Waals surface area contributed by atoms with Crippen molar-refractivity contribution >= 4 is 5.78 Å². The number of hydrogen-bond donors (Lipinski definition) is 1. The molecule has 1 aliphatic carbocycles. The highest BCUT2D eigenvalue weighted by atomic mass is 16.5. The summed E-state index contributed by atoms with van der Waals surface area (Å²) in [6.45, 7) is 10.4. The van der Waals surface area contributed by atoms with Crippen LogP contribution in [0.5, 0.6) is 0 Å². The smallest absolute Gasteiger partial charge is 0.204 e. The van der Waals surface area contributed by atoms with Crippen molar-refractivity contribution in [2.75, 3.05) is 14.2 Å². The predicted molar refractivity (Wildman–Crippen MR) is 115 cm³/mol. The Morgan fingerprint density at radius 3 is 2.07 bits per heavy atom. The highest BCUT2D eigenvalue weighted by molar-refractivity contribution is 5.97. The fourth-order valence-corrected chi connectivity index (χ4v) is 3.55. The SMILES string of the molecule is COC1=C(OC)C(O)C(C/C=C(\C)CC/C=C(\C)CCC=C(C)C)[C@H](C)C1=O. The number of ether oxygens (including phenoxy) is 2. The summed E-state index contributed by atoms with van der Waals surface area (Å²) in [6.07, 6.45) is 10.8. The molecule has 2 unspecified atom stereocenters. The highest BCUT2D eigenvalue weighted by Gasteiger charge is 2.42. The Morgan fingerprint density at radius 1 is 0.964 bits per heavy atom. The molecule has 4 nitrogen and oxygen atoms in total. The van der Waals surface area contributed by atoms with E-state index in [2.05, 4.69) is 45.9 Å². The van der Waals surface area contributed by atoms with E-state index >= 15 is 0 Å². The van der Waals surface area contributed by atoms with Crippen molar-refractivity contribution in [1.82, 2.24) is 0 Å². The topological polar surface area (TPSA) is 55.8 Å². The van der Waals surface area contributed by atoms with E-state index in [4.69, 9.17) is 9.47 Å². The van der Waals surface area contributed by atoms with Gasteiger partial charge in [-0.25, -0.2) is 0 Å². The number of aliphatic hydroxyl groups excluding tert-OH is 1. The molecule has 0 aromatic heterocycles. The molecule has 0 amide bonds. The van der Waals surface area contributed by atoms with E-state index in [1.54, 1.807) is 0 Å². The molecule has 0 bridgehead atoms. The lowest BCUT2D eigenvalue weighted by Gasteiger charge is -2.33. The fourth-order valence-electron chi connectivity index (χ4n) is 3.55. The van der Waals surface area contributed by atoms with Gasteiger partial charge in [0, 0.05) is 11.8 Å². The molecule has 0 radical (unpaired) electrons. The second kappa shape index (κ2) is 11.9. The lowest BCUT2D eigenvalue weighted by molar-refractivity contribution is -0.128. The monoisotopic (exact) mass is 390 g/mol. The van der Waals surface area contributed by atoms with Crippen LogP contribution in [0.1, 0.15) is 66.7 Å². The summed E-state index contributed by atoms with van der Waals surface area (Å²) in [7, 11) is 2.90. The Morgan fingerprint density at radius 2 is 1.54 bits per heavy atom. The van der Waals surface area contributed by atoms with Gasteiger partial charge in [-0.3, -0.25) is 4.79 Å². The number of ketones is 1. The molecule has 1 rings (SSSR count). The lowest BCUT2D eigenvalue weighted by atomic mass is 9.77. The minimum absolute atomic E-state index is 0.101. The van der Waals surface area contributed by atoms with Crippen LogP contribution in [0.15, 0.2) is 46.5 Å². The van der Waals surface area contributed by atoms with E-state index in [1.807, 2.05) is 6.92 Å². The Hall–Kier alpha value is -1.81. The molecule has 4 heteroatoms. The maximum atomic E-state index is 12.5. The van der Waals surface area contributed by atoms with Crippen molar-refractivity contribution in [2.45, 2.75) is 72.8 Å². The minimum Gasteiger partial charge on any atom is -0.494 e. The molecular formula is C24H38O4. The molecule has 1 N–H and O–H groups in total. The quantitative estimate of drug-likeness (QED) is 0.501. The summed E-state index contributed by atoms with van der Waals surface area (Å²) < 4.78 is 10.4. The van der Waals surface area contributed by atoms with Crippen molar-refractivity contribution < 1.29 is 19.4 Å². The number of aliphatic hydroxyl groups is 1. The Kier molecular flexibility index (Phi) is 10.3. The van der Waals surface area contributed by atoms with Crippen LogP contribution < -0.4 is 0 Å². The molecular weight excluding hydrogens is 352 g/mol. The first kappa shape index (κ1) is 24.2. The maximum absolute atomic E-state index is 12.5. The van der Waals surface area contributed by atoms with Crippen LogP contribution in [-0.4, -0.2) is 31.2 Å². The Balaban J connectivity index is 2.64. The molecule has 0 heterocycles. The number of hydrogen-bond acceptors (Lipinski definition) is 4. The molecule has 3 atom stereocenters. The van der Waals surface area contributed by atoms with Gasteiger partial charge in [-0.05, 0) is 59.8 Å². The average Bonchev–Trinajstić information content (AvgIpc) is 2.64. The van der Waals surface area contributed by atoms with Crippen LogP contribution in [0, 0.1) is 11.8 Å². The first-order chi connectivity index (χ1) is 13.2. The molecule has 28 heavy (non-hydrogen) atoms. The lowest BCUT2D eigenvalue weighted by Crippen LogP contribution is -2.40. The molecule has 0 saturated carbocycles. The average molecular weight is 391 g/mol. The number of rotatable bonds is 10. The first-order valence-electron chi connectivity index (χ1n) is 10.2. The van der Waals surface area contributed by atoms with E-state index in [0.29, 0.717) is 6.42 Å². The van der Waals surface area contributed by atoms with Crippen LogP contribution >= 0.6 is 0 Å². The molecule has 0 fully saturated rings. The third-order valence-corrected chi connectivity index (χ3v) is 5.46. The van der Waals surface area contributed by atoms with Gasteiger partial charge in [0.25, 0.3) is 0 Å². The molecule has 1 aliphatic rings. The summed E-state index contributed by atoms with van der Waals surface area (Å²) >= 11 is 0. The van der Waals surface area contributed by atoms with Gasteiger partial charge in [0.2, 0.25) is 11.5 Å². The second-order valence-electron chi connectivity index (χ2n) is 8.06. The van der Waals surface area contributed by atoms with Gasteiger partial charge in [0.1, 0.15) is 6.10 Å². The summed E-state index contributed by atoms with van der Waals surface area (Å²) in [6, 6.07) is 0. The third-order valence-electron chi connectivity index (χ3n) is 5.46. The van der Waals surface area contributed by atoms with Crippen molar-refractivity contribution in [3.63, 3.8) is 0 Å². The van der Waals surface area contributed by atoms with Crippen LogP contribution in [-0.2, 0) is 14.3 Å². The fraction of sp³-hybridized carbons (Fsp3) is 0.625. The van der Waals surface area contributed by atoms with Gasteiger partial charge in [-0.1, -0.05) is 41.9 Å². The number of carbonyl (C=O) groups is 1. The Labute approximate surface area is 171 Å². The van der Waals surface area contributed by atoms with E-state index in [9.17, 15) is 9.90 Å². The maximum Gasteiger partial charge on any atom is 0.204 e. The Bertz CT molecular complexity index is 648. The normalized spacial score (nSPS) is 23.7. The van der Waals surface area contributed by atoms with Gasteiger partial charge in [0.15, 0.2) is 5.76 Å². The zero-order chi connectivity index (χ0) is 21.3. The highest BCUT2D eigenvalue weighted by Crippen LogP contribution is 2.35. The minimum atomic E-state index is -0.825. The van der Waals surface area contributed by atoms with Gasteiger partial charge in [0.05, 0.1) is 14.2 Å². The number of Topliss-reactive ketones (excluding diaryl/α,β-unsaturated/α-hetero) is 1. The van der Waals surface area contributed by atoms with Crippen molar-refractivity contribution in [1.29, 1.82) is 0 Å². The largest absolute Gasteiger partial charge is 0.494 e. The third kappa shape index (κ3) is 6.97. The summed E-state index contributed by atoms with van der Waals surface area (Å²) in [5.74, 6) is -0.205. The molecule has 0 aliphatic heterocycles.